The maximum absolute atomic E-state index is 14.5. The van der Waals surface area contributed by atoms with Gasteiger partial charge in [-0.05, 0) is 79.4 Å². The predicted octanol–water partition coefficient (Wildman–Crippen LogP) is 6.13. The van der Waals surface area contributed by atoms with Crippen LogP contribution in [0.25, 0.3) is 11.1 Å². The fourth-order valence-electron chi connectivity index (χ4n) is 2.93. The zero-order valence-electron chi connectivity index (χ0n) is 18.7. The van der Waals surface area contributed by atoms with Crippen LogP contribution in [0.3, 0.4) is 0 Å². The number of rotatable bonds is 10. The quantitative estimate of drug-likeness (QED) is 0.156. The van der Waals surface area contributed by atoms with Gasteiger partial charge in [-0.1, -0.05) is 24.8 Å². The van der Waals surface area contributed by atoms with Crippen LogP contribution in [-0.2, 0) is 9.53 Å². The molecule has 0 radical (unpaired) electrons. The van der Waals surface area contributed by atoms with Crippen LogP contribution < -0.4 is 9.47 Å². The van der Waals surface area contributed by atoms with Crippen molar-refractivity contribution < 1.29 is 32.6 Å². The molecule has 0 fully saturated rings. The van der Waals surface area contributed by atoms with E-state index in [0.717, 1.165) is 0 Å². The van der Waals surface area contributed by atoms with Gasteiger partial charge in [-0.2, -0.15) is 0 Å². The number of carbonyl (C=O) groups is 2. The van der Waals surface area contributed by atoms with Crippen LogP contribution in [0.1, 0.15) is 30.1 Å². The second-order valence-electron chi connectivity index (χ2n) is 7.54. The first kappa shape index (κ1) is 24.6. The highest BCUT2D eigenvalue weighted by atomic mass is 19.1. The van der Waals surface area contributed by atoms with Gasteiger partial charge in [0, 0.05) is 5.57 Å². The summed E-state index contributed by atoms with van der Waals surface area (Å²) in [6, 6.07) is 16.1. The highest BCUT2D eigenvalue weighted by molar-refractivity contribution is 5.91. The van der Waals surface area contributed by atoms with Crippen LogP contribution in [-0.4, -0.2) is 25.2 Å². The lowest BCUT2D eigenvalue weighted by molar-refractivity contribution is -0.139. The maximum Gasteiger partial charge on any atom is 0.343 e. The van der Waals surface area contributed by atoms with Crippen molar-refractivity contribution in [2.45, 2.75) is 19.8 Å². The molecule has 0 amide bonds. The van der Waals surface area contributed by atoms with Crippen LogP contribution in [0.2, 0.25) is 0 Å². The van der Waals surface area contributed by atoms with Crippen molar-refractivity contribution in [3.63, 3.8) is 0 Å². The van der Waals surface area contributed by atoms with Gasteiger partial charge in [0.05, 0.1) is 18.8 Å². The number of carbonyl (C=O) groups excluding carboxylic acids is 2. The zero-order chi connectivity index (χ0) is 24.5. The second-order valence-corrected chi connectivity index (χ2v) is 7.54. The first-order chi connectivity index (χ1) is 16.3. The molecule has 5 nitrogen and oxygen atoms in total. The Bertz CT molecular complexity index is 1150. The highest BCUT2D eigenvalue weighted by Gasteiger charge is 2.13. The van der Waals surface area contributed by atoms with Crippen LogP contribution in [0.5, 0.6) is 11.5 Å². The van der Waals surface area contributed by atoms with Crippen molar-refractivity contribution in [1.29, 1.82) is 0 Å². The lowest BCUT2D eigenvalue weighted by atomic mass is 10.1. The van der Waals surface area contributed by atoms with Crippen molar-refractivity contribution in [1.82, 2.24) is 0 Å². The Morgan fingerprint density at radius 1 is 0.853 bits per heavy atom. The van der Waals surface area contributed by atoms with E-state index < -0.39 is 17.8 Å². The summed E-state index contributed by atoms with van der Waals surface area (Å²) >= 11 is 0. The van der Waals surface area contributed by atoms with E-state index in [0.29, 0.717) is 48.5 Å². The topological polar surface area (TPSA) is 61.8 Å². The summed E-state index contributed by atoms with van der Waals surface area (Å²) in [5, 5.41) is 0. The molecule has 0 spiro atoms. The van der Waals surface area contributed by atoms with Gasteiger partial charge in [0.2, 0.25) is 0 Å². The Balaban J connectivity index is 1.48. The van der Waals surface area contributed by atoms with Gasteiger partial charge in [-0.3, -0.25) is 0 Å². The average molecular weight is 466 g/mol. The molecular formula is C27H24F2O5. The summed E-state index contributed by atoms with van der Waals surface area (Å²) in [5.41, 5.74) is 1.77. The minimum absolute atomic E-state index is 0.205. The van der Waals surface area contributed by atoms with Crippen molar-refractivity contribution in [2.24, 2.45) is 0 Å². The number of hydrogen-bond acceptors (Lipinski definition) is 5. The Hall–Kier alpha value is -4.00. The Morgan fingerprint density at radius 2 is 1.50 bits per heavy atom. The molecular weight excluding hydrogens is 442 g/mol. The molecule has 3 aromatic carbocycles. The van der Waals surface area contributed by atoms with Gasteiger partial charge in [-0.25, -0.2) is 18.4 Å². The van der Waals surface area contributed by atoms with Crippen molar-refractivity contribution in [2.75, 3.05) is 13.2 Å². The van der Waals surface area contributed by atoms with Gasteiger partial charge in [-0.15, -0.1) is 0 Å². The standard InChI is InChI=1S/C27H24F2O5/c1-18(2)26(30)33-16-4-3-15-32-23-12-7-20(8-13-23)27(31)34-25-14-9-21(17-24(25)29)19-5-10-22(28)11-6-19/h5-14,17H,1,3-4,15-16H2,2H3. The van der Waals surface area contributed by atoms with Crippen molar-refractivity contribution in [3.05, 3.63) is 96.1 Å². The minimum Gasteiger partial charge on any atom is -0.494 e. The Labute approximate surface area is 196 Å². The van der Waals surface area contributed by atoms with E-state index in [1.54, 1.807) is 25.1 Å². The molecule has 0 bridgehead atoms. The summed E-state index contributed by atoms with van der Waals surface area (Å²) < 4.78 is 43.3. The third-order valence-electron chi connectivity index (χ3n) is 4.79. The number of ether oxygens (including phenoxy) is 3. The molecule has 3 rings (SSSR count). The largest absolute Gasteiger partial charge is 0.494 e. The molecule has 0 heterocycles. The van der Waals surface area contributed by atoms with Gasteiger partial charge < -0.3 is 14.2 Å². The predicted molar refractivity (Wildman–Crippen MR) is 124 cm³/mol. The third-order valence-corrected chi connectivity index (χ3v) is 4.79. The molecule has 0 atom stereocenters. The summed E-state index contributed by atoms with van der Waals surface area (Å²) in [7, 11) is 0. The molecule has 0 N–H and O–H groups in total. The van der Waals surface area contributed by atoms with E-state index in [1.807, 2.05) is 0 Å². The maximum atomic E-state index is 14.5. The lowest BCUT2D eigenvalue weighted by Gasteiger charge is -2.09. The first-order valence-electron chi connectivity index (χ1n) is 10.7. The van der Waals surface area contributed by atoms with Crippen LogP contribution in [0.15, 0.2) is 78.9 Å². The molecule has 0 saturated carbocycles. The monoisotopic (exact) mass is 466 g/mol. The van der Waals surface area contributed by atoms with Crippen LogP contribution in [0, 0.1) is 11.6 Å². The minimum atomic E-state index is -0.709. The number of unbranched alkanes of at least 4 members (excludes halogenated alkanes) is 1. The fraction of sp³-hybridized carbons (Fsp3) is 0.185. The van der Waals surface area contributed by atoms with E-state index in [2.05, 4.69) is 6.58 Å². The lowest BCUT2D eigenvalue weighted by Crippen LogP contribution is -2.09. The number of halogens is 2. The molecule has 0 aliphatic heterocycles. The Morgan fingerprint density at radius 3 is 2.15 bits per heavy atom. The van der Waals surface area contributed by atoms with E-state index in [1.165, 1.54) is 48.5 Å². The van der Waals surface area contributed by atoms with E-state index in [4.69, 9.17) is 14.2 Å². The van der Waals surface area contributed by atoms with Crippen LogP contribution >= 0.6 is 0 Å². The average Bonchev–Trinajstić information content (AvgIpc) is 2.83. The molecule has 0 aliphatic carbocycles. The SMILES string of the molecule is C=C(C)C(=O)OCCCCOc1ccc(C(=O)Oc2ccc(-c3ccc(F)cc3)cc2F)cc1. The Kier molecular flexibility index (Phi) is 8.51. The molecule has 176 valence electrons. The fourth-order valence-corrected chi connectivity index (χ4v) is 2.93. The molecule has 7 heteroatoms. The van der Waals surface area contributed by atoms with Gasteiger partial charge in [0.1, 0.15) is 11.6 Å². The summed E-state index contributed by atoms with van der Waals surface area (Å²) in [4.78, 5) is 23.7. The molecule has 34 heavy (non-hydrogen) atoms. The van der Waals surface area contributed by atoms with Gasteiger partial charge in [0.15, 0.2) is 11.6 Å². The molecule has 0 unspecified atom stereocenters. The van der Waals surface area contributed by atoms with Crippen molar-refractivity contribution >= 4 is 11.9 Å². The zero-order valence-corrected chi connectivity index (χ0v) is 18.7. The van der Waals surface area contributed by atoms with E-state index in [9.17, 15) is 18.4 Å². The molecule has 0 aromatic heterocycles. The summed E-state index contributed by atoms with van der Waals surface area (Å²) in [5.74, 6) is -1.85. The van der Waals surface area contributed by atoms with Gasteiger partial charge >= 0.3 is 11.9 Å². The number of esters is 2. The van der Waals surface area contributed by atoms with E-state index >= 15 is 0 Å². The highest BCUT2D eigenvalue weighted by Crippen LogP contribution is 2.26. The number of benzene rings is 3. The van der Waals surface area contributed by atoms with Gasteiger partial charge in [0.25, 0.3) is 0 Å². The normalized spacial score (nSPS) is 10.4. The smallest absolute Gasteiger partial charge is 0.343 e. The molecule has 0 aliphatic rings. The molecule has 0 saturated heterocycles. The third kappa shape index (κ3) is 7.00. The second kappa shape index (κ2) is 11.7. The molecule has 3 aromatic rings. The summed E-state index contributed by atoms with van der Waals surface area (Å²) in [6.45, 7) is 5.81. The first-order valence-corrected chi connectivity index (χ1v) is 10.7. The van der Waals surface area contributed by atoms with Crippen molar-refractivity contribution in [3.8, 4) is 22.6 Å². The van der Waals surface area contributed by atoms with Crippen LogP contribution in [0.4, 0.5) is 8.78 Å². The van der Waals surface area contributed by atoms with E-state index in [-0.39, 0.29) is 17.1 Å². The number of hydrogen-bond donors (Lipinski definition) is 0. The summed E-state index contributed by atoms with van der Waals surface area (Å²) in [6.07, 6.45) is 1.33.